The van der Waals surface area contributed by atoms with Gasteiger partial charge in [-0.1, -0.05) is 19.1 Å². The molecule has 1 aromatic rings. The van der Waals surface area contributed by atoms with Gasteiger partial charge in [-0.3, -0.25) is 14.4 Å². The Kier molecular flexibility index (Phi) is 5.73. The van der Waals surface area contributed by atoms with Crippen LogP contribution in [0.5, 0.6) is 0 Å². The minimum Gasteiger partial charge on any atom is -0.345 e. The lowest BCUT2D eigenvalue weighted by Crippen LogP contribution is -2.43. The van der Waals surface area contributed by atoms with Gasteiger partial charge in [-0.15, -0.1) is 0 Å². The molecule has 124 valence electrons. The molecule has 3 amide bonds. The first-order valence-corrected chi connectivity index (χ1v) is 7.92. The van der Waals surface area contributed by atoms with Gasteiger partial charge in [0.25, 0.3) is 0 Å². The van der Waals surface area contributed by atoms with E-state index in [-0.39, 0.29) is 36.9 Å². The molecule has 6 nitrogen and oxygen atoms in total. The molecule has 2 N–H and O–H groups in total. The first kappa shape index (κ1) is 17.0. The van der Waals surface area contributed by atoms with Crippen molar-refractivity contribution < 1.29 is 14.4 Å². The molecule has 0 spiro atoms. The summed E-state index contributed by atoms with van der Waals surface area (Å²) in [6.45, 7) is 3.64. The number of hydrogen-bond donors (Lipinski definition) is 2. The third-order valence-corrected chi connectivity index (χ3v) is 3.67. The van der Waals surface area contributed by atoms with Crippen LogP contribution >= 0.6 is 0 Å². The standard InChI is InChI=1S/C17H23N3O3/c1-3-17(23)20(14-7-8-14)11-16(22)18-10-15(21)19-13-6-4-5-12(2)9-13/h4-6,9,14H,3,7-8,10-11H2,1-2H3,(H,18,22)(H,19,21). The summed E-state index contributed by atoms with van der Waals surface area (Å²) in [6.07, 6.45) is 2.29. The monoisotopic (exact) mass is 317 g/mol. The number of aryl methyl sites for hydroxylation is 1. The van der Waals surface area contributed by atoms with Crippen LogP contribution in [-0.2, 0) is 14.4 Å². The number of nitrogens with one attached hydrogen (secondary N) is 2. The molecular formula is C17H23N3O3. The average molecular weight is 317 g/mol. The molecule has 0 aromatic heterocycles. The molecule has 1 aliphatic carbocycles. The topological polar surface area (TPSA) is 78.5 Å². The van der Waals surface area contributed by atoms with Gasteiger partial charge in [0.1, 0.15) is 0 Å². The Bertz CT molecular complexity index is 597. The smallest absolute Gasteiger partial charge is 0.243 e. The van der Waals surface area contributed by atoms with Gasteiger partial charge in [-0.2, -0.15) is 0 Å². The summed E-state index contributed by atoms with van der Waals surface area (Å²) in [5.41, 5.74) is 1.75. The summed E-state index contributed by atoms with van der Waals surface area (Å²) < 4.78 is 0. The molecule has 23 heavy (non-hydrogen) atoms. The molecule has 0 heterocycles. The highest BCUT2D eigenvalue weighted by Crippen LogP contribution is 2.26. The minimum absolute atomic E-state index is 0.0214. The van der Waals surface area contributed by atoms with Gasteiger partial charge in [-0.25, -0.2) is 0 Å². The molecule has 1 aliphatic rings. The number of carbonyl (C=O) groups is 3. The first-order chi connectivity index (χ1) is 11.0. The second-order valence-electron chi connectivity index (χ2n) is 5.80. The second kappa shape index (κ2) is 7.76. The first-order valence-electron chi connectivity index (χ1n) is 7.92. The minimum atomic E-state index is -0.307. The SMILES string of the molecule is CCC(=O)N(CC(=O)NCC(=O)Nc1cccc(C)c1)C1CC1. The molecular weight excluding hydrogens is 294 g/mol. The average Bonchev–Trinajstić information content (AvgIpc) is 3.34. The van der Waals surface area contributed by atoms with Crippen molar-refractivity contribution in [1.29, 1.82) is 0 Å². The van der Waals surface area contributed by atoms with E-state index in [0.717, 1.165) is 18.4 Å². The predicted octanol–water partition coefficient (Wildman–Crippen LogP) is 1.45. The molecule has 0 radical (unpaired) electrons. The maximum Gasteiger partial charge on any atom is 0.243 e. The fraction of sp³-hybridized carbons (Fsp3) is 0.471. The van der Waals surface area contributed by atoms with Gasteiger partial charge in [-0.05, 0) is 37.5 Å². The number of amides is 3. The summed E-state index contributed by atoms with van der Waals surface area (Å²) in [5, 5.41) is 5.29. The highest BCUT2D eigenvalue weighted by Gasteiger charge is 2.32. The fourth-order valence-corrected chi connectivity index (χ4v) is 2.33. The van der Waals surface area contributed by atoms with Crippen LogP contribution in [0.1, 0.15) is 31.7 Å². The third kappa shape index (κ3) is 5.39. The van der Waals surface area contributed by atoms with E-state index in [9.17, 15) is 14.4 Å². The summed E-state index contributed by atoms with van der Waals surface area (Å²) in [5.74, 6) is -0.617. The number of benzene rings is 1. The van der Waals surface area contributed by atoms with Crippen molar-refractivity contribution in [3.8, 4) is 0 Å². The van der Waals surface area contributed by atoms with Crippen LogP contribution in [0.2, 0.25) is 0 Å². The zero-order chi connectivity index (χ0) is 16.8. The normalized spacial score (nSPS) is 13.3. The van der Waals surface area contributed by atoms with Crippen LogP contribution in [-0.4, -0.2) is 41.8 Å². The largest absolute Gasteiger partial charge is 0.345 e. The van der Waals surface area contributed by atoms with E-state index in [1.54, 1.807) is 17.9 Å². The molecule has 1 fully saturated rings. The van der Waals surface area contributed by atoms with E-state index in [1.807, 2.05) is 25.1 Å². The van der Waals surface area contributed by atoms with Gasteiger partial charge in [0, 0.05) is 18.2 Å². The summed E-state index contributed by atoms with van der Waals surface area (Å²) >= 11 is 0. The van der Waals surface area contributed by atoms with Gasteiger partial charge in [0.15, 0.2) is 0 Å². The van der Waals surface area contributed by atoms with Crippen molar-refractivity contribution >= 4 is 23.4 Å². The lowest BCUT2D eigenvalue weighted by molar-refractivity contribution is -0.136. The number of nitrogens with zero attached hydrogens (tertiary/aromatic N) is 1. The molecule has 0 atom stereocenters. The van der Waals surface area contributed by atoms with E-state index in [1.165, 1.54) is 0 Å². The summed E-state index contributed by atoms with van der Waals surface area (Å²) in [6, 6.07) is 7.63. The van der Waals surface area contributed by atoms with Crippen LogP contribution in [0.4, 0.5) is 5.69 Å². The molecule has 0 bridgehead atoms. The zero-order valence-electron chi connectivity index (χ0n) is 13.6. The highest BCUT2D eigenvalue weighted by atomic mass is 16.2. The zero-order valence-corrected chi connectivity index (χ0v) is 13.6. The van der Waals surface area contributed by atoms with E-state index in [0.29, 0.717) is 12.1 Å². The van der Waals surface area contributed by atoms with Gasteiger partial charge in [0.2, 0.25) is 17.7 Å². The van der Waals surface area contributed by atoms with Crippen molar-refractivity contribution in [2.75, 3.05) is 18.4 Å². The molecule has 0 saturated heterocycles. The van der Waals surface area contributed by atoms with Crippen molar-refractivity contribution in [2.24, 2.45) is 0 Å². The Morgan fingerprint density at radius 3 is 2.57 bits per heavy atom. The summed E-state index contributed by atoms with van der Waals surface area (Å²) in [7, 11) is 0. The molecule has 2 rings (SSSR count). The van der Waals surface area contributed by atoms with Gasteiger partial charge < -0.3 is 15.5 Å². The molecule has 1 aromatic carbocycles. The Labute approximate surface area is 136 Å². The van der Waals surface area contributed by atoms with Gasteiger partial charge >= 0.3 is 0 Å². The van der Waals surface area contributed by atoms with E-state index < -0.39 is 0 Å². The molecule has 6 heteroatoms. The van der Waals surface area contributed by atoms with Crippen molar-refractivity contribution in [1.82, 2.24) is 10.2 Å². The predicted molar refractivity (Wildman–Crippen MR) is 87.8 cm³/mol. The Balaban J connectivity index is 1.77. The second-order valence-corrected chi connectivity index (χ2v) is 5.80. The maximum absolute atomic E-state index is 11.9. The van der Waals surface area contributed by atoms with Crippen molar-refractivity contribution in [3.63, 3.8) is 0 Å². The molecule has 0 unspecified atom stereocenters. The van der Waals surface area contributed by atoms with E-state index in [2.05, 4.69) is 10.6 Å². The lowest BCUT2D eigenvalue weighted by Gasteiger charge is -2.21. The van der Waals surface area contributed by atoms with Crippen LogP contribution in [0.3, 0.4) is 0 Å². The maximum atomic E-state index is 11.9. The summed E-state index contributed by atoms with van der Waals surface area (Å²) in [4.78, 5) is 37.2. The van der Waals surface area contributed by atoms with Crippen molar-refractivity contribution in [3.05, 3.63) is 29.8 Å². The van der Waals surface area contributed by atoms with Crippen LogP contribution < -0.4 is 10.6 Å². The van der Waals surface area contributed by atoms with Gasteiger partial charge in [0.05, 0.1) is 13.1 Å². The number of rotatable bonds is 7. The Morgan fingerprint density at radius 2 is 1.96 bits per heavy atom. The Hall–Kier alpha value is -2.37. The molecule has 0 aliphatic heterocycles. The fourth-order valence-electron chi connectivity index (χ4n) is 2.33. The molecule has 1 saturated carbocycles. The number of hydrogen-bond acceptors (Lipinski definition) is 3. The quantitative estimate of drug-likeness (QED) is 0.799. The van der Waals surface area contributed by atoms with E-state index in [4.69, 9.17) is 0 Å². The van der Waals surface area contributed by atoms with Crippen LogP contribution in [0.15, 0.2) is 24.3 Å². The van der Waals surface area contributed by atoms with Crippen molar-refractivity contribution in [2.45, 2.75) is 39.2 Å². The lowest BCUT2D eigenvalue weighted by atomic mass is 10.2. The highest BCUT2D eigenvalue weighted by molar-refractivity contribution is 5.95. The van der Waals surface area contributed by atoms with E-state index >= 15 is 0 Å². The van der Waals surface area contributed by atoms with Crippen LogP contribution in [0.25, 0.3) is 0 Å². The third-order valence-electron chi connectivity index (χ3n) is 3.67. The number of anilines is 1. The number of carbonyl (C=O) groups excluding carboxylic acids is 3. The Morgan fingerprint density at radius 1 is 1.22 bits per heavy atom. The van der Waals surface area contributed by atoms with Crippen LogP contribution in [0, 0.1) is 6.92 Å².